The van der Waals surface area contributed by atoms with Crippen molar-refractivity contribution >= 4 is 12.0 Å². The zero-order chi connectivity index (χ0) is 17.7. The van der Waals surface area contributed by atoms with Crippen LogP contribution in [0.2, 0.25) is 0 Å². The number of imide groups is 1. The van der Waals surface area contributed by atoms with Gasteiger partial charge < -0.3 is 14.9 Å². The van der Waals surface area contributed by atoms with Crippen LogP contribution in [-0.2, 0) is 16.0 Å². The summed E-state index contributed by atoms with van der Waals surface area (Å²) < 4.78 is 5.04. The molecule has 1 aliphatic rings. The number of carbonyl (C=O) groups excluding carboxylic acids is 2. The Kier molecular flexibility index (Phi) is 6.11. The van der Waals surface area contributed by atoms with E-state index in [1.807, 2.05) is 30.3 Å². The van der Waals surface area contributed by atoms with Gasteiger partial charge in [-0.1, -0.05) is 43.3 Å². The summed E-state index contributed by atoms with van der Waals surface area (Å²) in [5.74, 6) is -1.28. The first kappa shape index (κ1) is 18.2. The van der Waals surface area contributed by atoms with Crippen LogP contribution in [-0.4, -0.2) is 52.5 Å². The molecule has 1 fully saturated rings. The number of benzene rings is 1. The quantitative estimate of drug-likeness (QED) is 0.771. The van der Waals surface area contributed by atoms with E-state index in [-0.39, 0.29) is 19.3 Å². The highest BCUT2D eigenvalue weighted by Gasteiger charge is 2.41. The molecule has 130 valence electrons. The number of rotatable bonds is 6. The third kappa shape index (κ3) is 4.01. The number of carbonyl (C=O) groups is 2. The highest BCUT2D eigenvalue weighted by Crippen LogP contribution is 2.23. The van der Waals surface area contributed by atoms with Crippen molar-refractivity contribution in [2.45, 2.75) is 32.4 Å². The summed E-state index contributed by atoms with van der Waals surface area (Å²) in [6.07, 6.45) is 0.212. The number of hydrogen-bond donors (Lipinski definition) is 2. The molecule has 1 aromatic carbocycles. The van der Waals surface area contributed by atoms with Gasteiger partial charge in [-0.2, -0.15) is 0 Å². The van der Waals surface area contributed by atoms with Crippen LogP contribution >= 0.6 is 0 Å². The molecule has 6 heteroatoms. The first-order valence-corrected chi connectivity index (χ1v) is 7.95. The maximum atomic E-state index is 12.7. The SMILES string of the molecule is C/C(=C/CO)[C@H](O)[C@@H](C)C(=O)N1C(=O)OC[C@H]1Cc1ccccc1. The van der Waals surface area contributed by atoms with E-state index in [9.17, 15) is 14.7 Å². The highest BCUT2D eigenvalue weighted by molar-refractivity contribution is 5.95. The largest absolute Gasteiger partial charge is 0.447 e. The van der Waals surface area contributed by atoms with Crippen LogP contribution in [0, 0.1) is 5.92 Å². The molecule has 2 amide bonds. The second kappa shape index (κ2) is 8.08. The Balaban J connectivity index is 2.13. The number of amides is 2. The lowest BCUT2D eigenvalue weighted by molar-refractivity contribution is -0.135. The Hall–Kier alpha value is -2.18. The lowest BCUT2D eigenvalue weighted by Gasteiger charge is -2.26. The van der Waals surface area contributed by atoms with E-state index in [1.54, 1.807) is 13.8 Å². The summed E-state index contributed by atoms with van der Waals surface area (Å²) in [7, 11) is 0. The number of hydrogen-bond acceptors (Lipinski definition) is 5. The molecule has 24 heavy (non-hydrogen) atoms. The summed E-state index contributed by atoms with van der Waals surface area (Å²) in [4.78, 5) is 25.8. The highest BCUT2D eigenvalue weighted by atomic mass is 16.6. The molecule has 0 bridgehead atoms. The molecule has 2 N–H and O–H groups in total. The Morgan fingerprint density at radius 2 is 2.08 bits per heavy atom. The fourth-order valence-electron chi connectivity index (χ4n) is 2.78. The molecule has 0 saturated carbocycles. The van der Waals surface area contributed by atoms with Gasteiger partial charge in [0.15, 0.2) is 0 Å². The standard InChI is InChI=1S/C18H23NO5/c1-12(8-9-20)16(21)13(2)17(22)19-15(11-24-18(19)23)10-14-6-4-3-5-7-14/h3-8,13,15-16,20-21H,9-11H2,1-2H3/b12-8-/t13-,15-,16+/m1/s1. The van der Waals surface area contributed by atoms with E-state index >= 15 is 0 Å². The van der Waals surface area contributed by atoms with Gasteiger partial charge in [0, 0.05) is 0 Å². The van der Waals surface area contributed by atoms with Crippen molar-refractivity contribution in [1.29, 1.82) is 0 Å². The number of nitrogens with zero attached hydrogens (tertiary/aromatic N) is 1. The van der Waals surface area contributed by atoms with Crippen LogP contribution in [0.5, 0.6) is 0 Å². The van der Waals surface area contributed by atoms with Crippen LogP contribution in [0.25, 0.3) is 0 Å². The summed E-state index contributed by atoms with van der Waals surface area (Å²) in [5, 5.41) is 19.1. The number of aliphatic hydroxyl groups excluding tert-OH is 2. The van der Waals surface area contributed by atoms with Crippen molar-refractivity contribution in [2.24, 2.45) is 5.92 Å². The summed E-state index contributed by atoms with van der Waals surface area (Å²) in [6.45, 7) is 3.13. The second-order valence-corrected chi connectivity index (χ2v) is 5.99. The molecule has 0 spiro atoms. The molecule has 1 aromatic rings. The van der Waals surface area contributed by atoms with Crippen LogP contribution < -0.4 is 0 Å². The fraction of sp³-hybridized carbons (Fsp3) is 0.444. The molecule has 0 unspecified atom stereocenters. The predicted octanol–water partition coefficient (Wildman–Crippen LogP) is 1.51. The van der Waals surface area contributed by atoms with Crippen molar-refractivity contribution in [3.63, 3.8) is 0 Å². The Bertz CT molecular complexity index is 613. The van der Waals surface area contributed by atoms with E-state index in [0.29, 0.717) is 12.0 Å². The lowest BCUT2D eigenvalue weighted by atomic mass is 9.95. The van der Waals surface area contributed by atoms with Crippen molar-refractivity contribution < 1.29 is 24.5 Å². The molecule has 1 aliphatic heterocycles. The minimum absolute atomic E-state index is 0.147. The number of ether oxygens (including phenoxy) is 1. The minimum atomic E-state index is -1.06. The van der Waals surface area contributed by atoms with Gasteiger partial charge in [-0.15, -0.1) is 0 Å². The van der Waals surface area contributed by atoms with Gasteiger partial charge in [0.1, 0.15) is 6.61 Å². The van der Waals surface area contributed by atoms with E-state index in [0.717, 1.165) is 10.5 Å². The maximum absolute atomic E-state index is 12.7. The minimum Gasteiger partial charge on any atom is -0.447 e. The van der Waals surface area contributed by atoms with E-state index in [2.05, 4.69) is 0 Å². The molecule has 2 rings (SSSR count). The molecule has 3 atom stereocenters. The zero-order valence-corrected chi connectivity index (χ0v) is 13.9. The van der Waals surface area contributed by atoms with Crippen molar-refractivity contribution in [3.05, 3.63) is 47.5 Å². The monoisotopic (exact) mass is 333 g/mol. The molecule has 0 aromatic heterocycles. The Morgan fingerprint density at radius 1 is 1.42 bits per heavy atom. The van der Waals surface area contributed by atoms with E-state index in [1.165, 1.54) is 6.08 Å². The predicted molar refractivity (Wildman–Crippen MR) is 88.1 cm³/mol. The molecule has 0 radical (unpaired) electrons. The Labute approximate surface area is 141 Å². The normalized spacial score (nSPS) is 20.7. The first-order valence-electron chi connectivity index (χ1n) is 7.95. The average Bonchev–Trinajstić information content (AvgIpc) is 2.94. The first-order chi connectivity index (χ1) is 11.5. The lowest BCUT2D eigenvalue weighted by Crippen LogP contribution is -2.45. The smallest absolute Gasteiger partial charge is 0.416 e. The molecule has 6 nitrogen and oxygen atoms in total. The summed E-state index contributed by atoms with van der Waals surface area (Å²) >= 11 is 0. The topological polar surface area (TPSA) is 87.1 Å². The molecular formula is C18H23NO5. The number of aliphatic hydroxyl groups is 2. The molecule has 1 saturated heterocycles. The van der Waals surface area contributed by atoms with Crippen molar-refractivity contribution in [1.82, 2.24) is 4.90 Å². The van der Waals surface area contributed by atoms with E-state index in [4.69, 9.17) is 9.84 Å². The fourth-order valence-corrected chi connectivity index (χ4v) is 2.78. The average molecular weight is 333 g/mol. The number of cyclic esters (lactones) is 1. The third-order valence-corrected chi connectivity index (χ3v) is 4.26. The van der Waals surface area contributed by atoms with Gasteiger partial charge >= 0.3 is 6.09 Å². The zero-order valence-electron chi connectivity index (χ0n) is 13.9. The maximum Gasteiger partial charge on any atom is 0.416 e. The van der Waals surface area contributed by atoms with Gasteiger partial charge in [-0.3, -0.25) is 4.79 Å². The Morgan fingerprint density at radius 3 is 2.71 bits per heavy atom. The van der Waals surface area contributed by atoms with Gasteiger partial charge in [-0.05, 0) is 24.5 Å². The van der Waals surface area contributed by atoms with Gasteiger partial charge in [0.2, 0.25) is 5.91 Å². The van der Waals surface area contributed by atoms with Crippen LogP contribution in [0.3, 0.4) is 0 Å². The van der Waals surface area contributed by atoms with Crippen molar-refractivity contribution in [2.75, 3.05) is 13.2 Å². The van der Waals surface area contributed by atoms with E-state index < -0.39 is 24.0 Å². The van der Waals surface area contributed by atoms with Gasteiger partial charge in [-0.25, -0.2) is 9.69 Å². The second-order valence-electron chi connectivity index (χ2n) is 5.99. The molecule has 1 heterocycles. The summed E-state index contributed by atoms with van der Waals surface area (Å²) in [5.41, 5.74) is 1.49. The van der Waals surface area contributed by atoms with Crippen molar-refractivity contribution in [3.8, 4) is 0 Å². The third-order valence-electron chi connectivity index (χ3n) is 4.26. The molecular weight excluding hydrogens is 310 g/mol. The summed E-state index contributed by atoms with van der Waals surface area (Å²) in [6, 6.07) is 9.17. The van der Waals surface area contributed by atoms with Gasteiger partial charge in [0.05, 0.1) is 24.7 Å². The molecule has 0 aliphatic carbocycles. The van der Waals surface area contributed by atoms with Crippen LogP contribution in [0.1, 0.15) is 19.4 Å². The van der Waals surface area contributed by atoms with Gasteiger partial charge in [0.25, 0.3) is 0 Å². The van der Waals surface area contributed by atoms with Crippen LogP contribution in [0.15, 0.2) is 42.0 Å². The van der Waals surface area contributed by atoms with Crippen LogP contribution in [0.4, 0.5) is 4.79 Å².